The fraction of sp³-hybridized carbons (Fsp3) is 0.202. The molecular weight excluding hydrogens is 1560 g/mol. The van der Waals surface area contributed by atoms with Crippen LogP contribution in [0.4, 0.5) is 45.2 Å². The van der Waals surface area contributed by atoms with Crippen molar-refractivity contribution in [2.45, 2.75) is 109 Å². The molecule has 13 aromatic rings. The minimum Gasteiger partial charge on any atom is -0.493 e. The molecule has 115 heavy (non-hydrogen) atoms. The Balaban J connectivity index is 0.784. The standard InChI is InChI=1S/C84H63Cl3F9N15O4/c1-42-23-62-69(24-43(42)2)110(41-102-62)39-72(114)104-65(33-46-29-59(92)75(60(93)30-46)66-37-100-81(78(106-66)48-9-15-52(86)16-10-48)64(31-44-25-54(88)35-55(89)26-44)105-73(115)40-111-68-6-4-3-5-56(68)83(109-111)84(94,95)96)82-79(49-11-17-53(87)18-12-49)107-67(38-101-82)74-57(90)27-45(28-58(74)91)32-63(80-77(97-21-22-98-80)47-7-13-51(85)14-8-47)103-71(113)34-50-36-99-61-19-20-70(112)108-76(50)61/h7-30,35-38,41,50,63-65H,3-6,31-34,39-40H2,1-2H3,(H,103,113)(H,104,114)(H,105,115)(H,108,112). The Bertz CT molecular complexity index is 5950. The Morgan fingerprint density at radius 1 is 0.539 bits per heavy atom. The highest BCUT2D eigenvalue weighted by Crippen LogP contribution is 2.41. The zero-order valence-corrected chi connectivity index (χ0v) is 63.0. The van der Waals surface area contributed by atoms with Crippen LogP contribution in [0.2, 0.25) is 15.1 Å². The molecule has 3 amide bonds. The van der Waals surface area contributed by atoms with Gasteiger partial charge in [-0.2, -0.15) is 18.3 Å². The van der Waals surface area contributed by atoms with Crippen molar-refractivity contribution in [2.75, 3.05) is 0 Å². The first-order valence-electron chi connectivity index (χ1n) is 36.1. The molecular formula is C84H63Cl3F9N15O4. The summed E-state index contributed by atoms with van der Waals surface area (Å²) in [5, 5.41) is 23.7. The van der Waals surface area contributed by atoms with Gasteiger partial charge in [-0.1, -0.05) is 71.2 Å². The third-order valence-corrected chi connectivity index (χ3v) is 20.8. The van der Waals surface area contributed by atoms with Crippen LogP contribution < -0.4 is 16.0 Å². The smallest absolute Gasteiger partial charge is 0.435 e. The maximum atomic E-state index is 17.5. The Morgan fingerprint density at radius 2 is 1.02 bits per heavy atom. The predicted octanol–water partition coefficient (Wildman–Crippen LogP) is 17.8. The van der Waals surface area contributed by atoms with E-state index in [9.17, 15) is 41.4 Å². The van der Waals surface area contributed by atoms with E-state index in [1.54, 1.807) is 47.0 Å². The van der Waals surface area contributed by atoms with Crippen LogP contribution in [0, 0.1) is 48.8 Å². The van der Waals surface area contributed by atoms with E-state index in [4.69, 9.17) is 49.8 Å². The fourth-order valence-corrected chi connectivity index (χ4v) is 15.0. The number of aryl methyl sites for hydroxylation is 2. The molecule has 0 saturated heterocycles. The lowest BCUT2D eigenvalue weighted by atomic mass is 9.95. The number of pyridine rings is 1. The second-order valence-corrected chi connectivity index (χ2v) is 29.3. The summed E-state index contributed by atoms with van der Waals surface area (Å²) >= 11 is 19.1. The summed E-state index contributed by atoms with van der Waals surface area (Å²) in [7, 11) is 0. The van der Waals surface area contributed by atoms with Crippen LogP contribution >= 0.6 is 34.8 Å². The average Bonchev–Trinajstić information content (AvgIpc) is 1.59. The minimum absolute atomic E-state index is 0.00280. The molecule has 15 rings (SSSR count). The van der Waals surface area contributed by atoms with Gasteiger partial charge in [0.15, 0.2) is 5.69 Å². The van der Waals surface area contributed by atoms with Gasteiger partial charge in [0.05, 0.1) is 116 Å². The lowest BCUT2D eigenvalue weighted by Crippen LogP contribution is -2.34. The number of aliphatic imine (C=N–C) groups is 1. The maximum Gasteiger partial charge on any atom is 0.435 e. The van der Waals surface area contributed by atoms with E-state index in [0.29, 0.717) is 57.6 Å². The van der Waals surface area contributed by atoms with E-state index >= 15 is 17.6 Å². The minimum atomic E-state index is -4.83. The highest BCUT2D eigenvalue weighted by atomic mass is 35.5. The topological polar surface area (TPSA) is 246 Å². The quantitative estimate of drug-likeness (QED) is 0.0436. The Labute approximate surface area is 664 Å². The maximum absolute atomic E-state index is 17.5. The number of nitrogens with one attached hydrogen (secondary N) is 3. The Kier molecular flexibility index (Phi) is 22.2. The van der Waals surface area contributed by atoms with Gasteiger partial charge < -0.3 is 25.6 Å². The number of amides is 3. The molecule has 31 heteroatoms. The van der Waals surface area contributed by atoms with Crippen molar-refractivity contribution in [1.82, 2.24) is 70.2 Å². The summed E-state index contributed by atoms with van der Waals surface area (Å²) in [6, 6.07) is 28.4. The molecule has 7 aromatic carbocycles. The van der Waals surface area contributed by atoms with Crippen molar-refractivity contribution in [3.05, 3.63) is 288 Å². The van der Waals surface area contributed by atoms with E-state index < -0.39 is 125 Å². The normalized spacial score (nSPS) is 14.0. The molecule has 6 aromatic heterocycles. The summed E-state index contributed by atoms with van der Waals surface area (Å²) in [5.74, 6) is -9.54. The highest BCUT2D eigenvalue weighted by molar-refractivity contribution is 6.31. The van der Waals surface area contributed by atoms with E-state index in [1.165, 1.54) is 67.4 Å². The van der Waals surface area contributed by atoms with Crippen LogP contribution in [0.5, 0.6) is 5.88 Å². The molecule has 4 atom stereocenters. The molecule has 0 radical (unpaired) electrons. The Hall–Kier alpha value is -12.3. The first-order valence-corrected chi connectivity index (χ1v) is 37.3. The number of halogens is 12. The molecule has 4 unspecified atom stereocenters. The van der Waals surface area contributed by atoms with Gasteiger partial charge >= 0.3 is 6.18 Å². The molecule has 4 N–H and O–H groups in total. The zero-order chi connectivity index (χ0) is 80.7. The van der Waals surface area contributed by atoms with E-state index in [1.807, 2.05) is 26.0 Å². The number of fused-ring (bicyclic) bond motifs is 3. The average molecular weight is 1620 g/mol. The van der Waals surface area contributed by atoms with Crippen molar-refractivity contribution in [2.24, 2.45) is 4.99 Å². The number of nitrogens with zero attached hydrogens (tertiary/aromatic N) is 12. The number of alkyl halides is 3. The molecule has 0 spiro atoms. The van der Waals surface area contributed by atoms with Gasteiger partial charge in [0.25, 0.3) is 0 Å². The van der Waals surface area contributed by atoms with Crippen molar-refractivity contribution in [1.29, 1.82) is 0 Å². The summed E-state index contributed by atoms with van der Waals surface area (Å²) in [6.45, 7) is 2.76. The van der Waals surface area contributed by atoms with Gasteiger partial charge in [0.1, 0.15) is 48.0 Å². The van der Waals surface area contributed by atoms with Gasteiger partial charge in [-0.15, -0.1) is 0 Å². The number of benzene rings is 7. The third kappa shape index (κ3) is 17.2. The van der Waals surface area contributed by atoms with Gasteiger partial charge in [0, 0.05) is 86.1 Å². The number of carbonyl (C=O) groups excluding carboxylic acids is 3. The number of hydrogen-bond donors (Lipinski definition) is 4. The van der Waals surface area contributed by atoms with Gasteiger partial charge in [-0.3, -0.25) is 44.0 Å². The molecule has 7 heterocycles. The van der Waals surface area contributed by atoms with Crippen LogP contribution in [-0.4, -0.2) is 83.3 Å². The van der Waals surface area contributed by atoms with Crippen LogP contribution in [-0.2, 0) is 65.8 Å². The number of aromatic nitrogens is 11. The third-order valence-electron chi connectivity index (χ3n) is 20.0. The summed E-state index contributed by atoms with van der Waals surface area (Å²) in [5.41, 5.74) is 2.18. The molecule has 1 aliphatic carbocycles. The second-order valence-electron chi connectivity index (χ2n) is 28.0. The highest BCUT2D eigenvalue weighted by Gasteiger charge is 2.40. The SMILES string of the molecule is Cc1cc2ncn(CC(=O)NC(Cc3cc(F)c(-c4cnc(C(Cc5cc(F)cc(F)c5)NC(=O)Cn5nc(C(F)(F)F)c6c5CCCC6)c(-c5ccc(Cl)cc5)n4)c(F)c3)c3ncc(-c4c(F)cc(CC(NC(=O)CC5C=Nc6ccc(O)nc65)c5nccnc5-c5ccc(Cl)cc5)cc4F)nc3-c3ccc(Cl)cc3)c2cc1C. The molecule has 0 fully saturated rings. The van der Waals surface area contributed by atoms with Crippen LogP contribution in [0.1, 0.15) is 111 Å². The monoisotopic (exact) mass is 1620 g/mol. The molecule has 582 valence electrons. The number of rotatable bonds is 23. The predicted molar refractivity (Wildman–Crippen MR) is 413 cm³/mol. The van der Waals surface area contributed by atoms with Crippen molar-refractivity contribution >= 4 is 75.5 Å². The van der Waals surface area contributed by atoms with E-state index in [0.717, 1.165) is 64.6 Å². The summed E-state index contributed by atoms with van der Waals surface area (Å²) in [6.07, 6.45) is 3.17. The van der Waals surface area contributed by atoms with E-state index in [-0.39, 0.29) is 121 Å². The molecule has 2 aliphatic rings. The first kappa shape index (κ1) is 78.0. The van der Waals surface area contributed by atoms with Gasteiger partial charge in [-0.25, -0.2) is 46.3 Å². The number of imidazole rings is 1. The second kappa shape index (κ2) is 32.7. The van der Waals surface area contributed by atoms with Gasteiger partial charge in [0.2, 0.25) is 23.6 Å². The van der Waals surface area contributed by atoms with Gasteiger partial charge in [-0.05, 0) is 178 Å². The van der Waals surface area contributed by atoms with Crippen LogP contribution in [0.25, 0.3) is 67.3 Å². The lowest BCUT2D eigenvalue weighted by molar-refractivity contribution is -0.142. The number of aromatic hydroxyl groups is 1. The number of carbonyl (C=O) groups is 3. The molecule has 0 saturated carbocycles. The molecule has 1 aliphatic heterocycles. The zero-order valence-electron chi connectivity index (χ0n) is 60.7. The summed E-state index contributed by atoms with van der Waals surface area (Å²) < 4.78 is 145. The van der Waals surface area contributed by atoms with Crippen molar-refractivity contribution < 1.29 is 59.0 Å². The number of hydrogen-bond acceptors (Lipinski definition) is 14. The largest absolute Gasteiger partial charge is 0.493 e. The van der Waals surface area contributed by atoms with Crippen LogP contribution in [0.3, 0.4) is 0 Å². The van der Waals surface area contributed by atoms with Crippen molar-refractivity contribution in [3.63, 3.8) is 0 Å². The van der Waals surface area contributed by atoms with Crippen molar-refractivity contribution in [3.8, 4) is 62.2 Å². The summed E-state index contributed by atoms with van der Waals surface area (Å²) in [4.78, 5) is 84.6. The molecule has 19 nitrogen and oxygen atoms in total. The first-order chi connectivity index (χ1) is 55.2. The lowest BCUT2D eigenvalue weighted by Gasteiger charge is -2.23. The van der Waals surface area contributed by atoms with E-state index in [2.05, 4.69) is 51.0 Å². The fourth-order valence-electron chi connectivity index (χ4n) is 14.6. The Morgan fingerprint density at radius 3 is 1.56 bits per heavy atom. The molecule has 0 bridgehead atoms. The van der Waals surface area contributed by atoms with Crippen LogP contribution in [0.15, 0.2) is 176 Å².